The highest BCUT2D eigenvalue weighted by Crippen LogP contribution is 2.37. The summed E-state index contributed by atoms with van der Waals surface area (Å²) in [5.74, 6) is -2.50. The smallest absolute Gasteiger partial charge is 0.353 e. The van der Waals surface area contributed by atoms with Gasteiger partial charge in [-0.15, -0.1) is 47.0 Å². The molecule has 2 aliphatic heterocycles. The van der Waals surface area contributed by atoms with E-state index < -0.39 is 23.9 Å². The molecule has 23 heavy (non-hydrogen) atoms. The maximum absolute atomic E-state index is 12.1. The minimum atomic E-state index is -1.25. The summed E-state index contributed by atoms with van der Waals surface area (Å²) in [5, 5.41) is 18.2. The number of aliphatic carboxylic acids is 2. The Morgan fingerprint density at radius 1 is 0.652 bits per heavy atom. The van der Waals surface area contributed by atoms with Gasteiger partial charge in [-0.05, 0) is 0 Å². The van der Waals surface area contributed by atoms with E-state index in [1.165, 1.54) is 0 Å². The molecule has 2 rings (SSSR count). The van der Waals surface area contributed by atoms with Crippen LogP contribution < -0.4 is 0 Å². The minimum Gasteiger partial charge on any atom is -0.477 e. The second-order valence-electron chi connectivity index (χ2n) is 4.00. The molecule has 0 atom stereocenters. The number of hydrogen-bond donors (Lipinski definition) is 2. The summed E-state index contributed by atoms with van der Waals surface area (Å²) >= 11 is 4.04. The molecule has 0 saturated carbocycles. The lowest BCUT2D eigenvalue weighted by Gasteiger charge is -2.17. The third kappa shape index (κ3) is 4.49. The van der Waals surface area contributed by atoms with Crippen LogP contribution in [0.15, 0.2) is 19.6 Å². The Labute approximate surface area is 147 Å². The number of carbonyl (C=O) groups excluding carboxylic acids is 2. The first-order valence-electron chi connectivity index (χ1n) is 6.14. The van der Waals surface area contributed by atoms with E-state index >= 15 is 0 Å². The van der Waals surface area contributed by atoms with Crippen molar-refractivity contribution in [3.05, 3.63) is 19.6 Å². The van der Waals surface area contributed by atoms with Crippen LogP contribution in [-0.4, -0.2) is 57.1 Å². The molecule has 2 N–H and O–H groups in total. The quantitative estimate of drug-likeness (QED) is 0.535. The number of esters is 2. The Kier molecular flexibility index (Phi) is 6.50. The first-order chi connectivity index (χ1) is 10.9. The van der Waals surface area contributed by atoms with Gasteiger partial charge in [-0.3, -0.25) is 0 Å². The number of carboxylic acid groups (broad SMARTS) is 2. The molecule has 2 aliphatic rings. The molecule has 0 saturated heterocycles. The second-order valence-corrected chi connectivity index (χ2v) is 8.42. The van der Waals surface area contributed by atoms with Crippen molar-refractivity contribution < 1.29 is 34.1 Å². The van der Waals surface area contributed by atoms with Gasteiger partial charge in [0.25, 0.3) is 0 Å². The van der Waals surface area contributed by atoms with E-state index in [-0.39, 0.29) is 19.6 Å². The molecule has 0 aliphatic carbocycles. The Morgan fingerprint density at radius 2 is 0.957 bits per heavy atom. The van der Waals surface area contributed by atoms with Crippen molar-refractivity contribution in [2.24, 2.45) is 0 Å². The molecule has 0 unspecified atom stereocenters. The molecule has 0 fully saturated rings. The Bertz CT molecular complexity index is 583. The molecule has 2 heterocycles. The van der Waals surface area contributed by atoms with Crippen LogP contribution in [0.3, 0.4) is 0 Å². The summed E-state index contributed by atoms with van der Waals surface area (Å²) in [4.78, 5) is 45.8. The largest absolute Gasteiger partial charge is 0.477 e. The van der Waals surface area contributed by atoms with Crippen LogP contribution in [0.25, 0.3) is 0 Å². The number of thioether (sulfide) groups is 4. The molecule has 7 nitrogen and oxygen atoms in total. The van der Waals surface area contributed by atoms with Crippen LogP contribution in [0, 0.1) is 0 Å². The van der Waals surface area contributed by atoms with Gasteiger partial charge < -0.3 is 14.9 Å². The van der Waals surface area contributed by atoms with Gasteiger partial charge in [0.2, 0.25) is 0 Å². The predicted molar refractivity (Wildman–Crippen MR) is 90.3 cm³/mol. The molecule has 0 radical (unpaired) electrons. The van der Waals surface area contributed by atoms with Gasteiger partial charge in [-0.25, -0.2) is 19.2 Å². The Hall–Kier alpha value is -1.04. The molecule has 0 spiro atoms. The number of carboxylic acids is 2. The predicted octanol–water partition coefficient (Wildman–Crippen LogP) is 1.61. The summed E-state index contributed by atoms with van der Waals surface area (Å²) < 4.78 is 4.70. The lowest BCUT2D eigenvalue weighted by molar-refractivity contribution is -0.153. The van der Waals surface area contributed by atoms with Crippen LogP contribution in [0.2, 0.25) is 0 Å². The maximum atomic E-state index is 12.1. The average Bonchev–Trinajstić information content (AvgIpc) is 2.54. The zero-order chi connectivity index (χ0) is 17.0. The van der Waals surface area contributed by atoms with Crippen LogP contribution in [0.4, 0.5) is 0 Å². The van der Waals surface area contributed by atoms with Crippen LogP contribution in [0.5, 0.6) is 0 Å². The SMILES string of the molecule is O=C(O)C1=C(C(=O)OC(=O)C2=C(C(=O)O)SCCS2)SCCS1. The summed E-state index contributed by atoms with van der Waals surface area (Å²) in [5.41, 5.74) is 0. The zero-order valence-corrected chi connectivity index (χ0v) is 14.7. The van der Waals surface area contributed by atoms with E-state index in [1.54, 1.807) is 0 Å². The first kappa shape index (κ1) is 18.3. The minimum absolute atomic E-state index is 0.131. The zero-order valence-electron chi connectivity index (χ0n) is 11.4. The highest BCUT2D eigenvalue weighted by molar-refractivity contribution is 8.11. The lowest BCUT2D eigenvalue weighted by Crippen LogP contribution is -2.21. The standard InChI is InChI=1S/C12H10O7S4/c13-9(14)5-7(22-3-1-20-5)11(17)19-12(18)8-6(10(15)16)21-2-4-23-8/h1-4H2,(H,13,14)(H,15,16). The Balaban J connectivity index is 2.20. The number of hydrogen-bond acceptors (Lipinski definition) is 9. The van der Waals surface area contributed by atoms with E-state index in [2.05, 4.69) is 0 Å². The number of ether oxygens (including phenoxy) is 1. The van der Waals surface area contributed by atoms with Gasteiger partial charge in [0.15, 0.2) is 0 Å². The number of carbonyl (C=O) groups is 4. The van der Waals surface area contributed by atoms with E-state index in [9.17, 15) is 19.2 Å². The highest BCUT2D eigenvalue weighted by Gasteiger charge is 2.31. The fourth-order valence-electron chi connectivity index (χ4n) is 1.63. The monoisotopic (exact) mass is 394 g/mol. The normalized spacial score (nSPS) is 18.6. The van der Waals surface area contributed by atoms with Crippen molar-refractivity contribution in [3.8, 4) is 0 Å². The topological polar surface area (TPSA) is 118 Å². The van der Waals surface area contributed by atoms with Gasteiger partial charge in [0.1, 0.15) is 19.6 Å². The molecule has 0 aromatic carbocycles. The van der Waals surface area contributed by atoms with Gasteiger partial charge in [0, 0.05) is 23.0 Å². The third-order valence-corrected chi connectivity index (χ3v) is 7.57. The van der Waals surface area contributed by atoms with Crippen molar-refractivity contribution in [1.82, 2.24) is 0 Å². The van der Waals surface area contributed by atoms with Gasteiger partial charge in [-0.2, -0.15) is 0 Å². The molecule has 0 aromatic heterocycles. The van der Waals surface area contributed by atoms with E-state index in [0.29, 0.717) is 23.0 Å². The van der Waals surface area contributed by atoms with E-state index in [0.717, 1.165) is 47.0 Å². The van der Waals surface area contributed by atoms with Crippen molar-refractivity contribution in [3.63, 3.8) is 0 Å². The fourth-order valence-corrected chi connectivity index (χ4v) is 5.92. The van der Waals surface area contributed by atoms with Gasteiger partial charge in [-0.1, -0.05) is 0 Å². The summed E-state index contributed by atoms with van der Waals surface area (Å²) in [6.07, 6.45) is 0. The third-order valence-electron chi connectivity index (χ3n) is 2.51. The molecule has 0 amide bonds. The van der Waals surface area contributed by atoms with E-state index in [1.807, 2.05) is 0 Å². The second kappa shape index (κ2) is 8.18. The Morgan fingerprint density at radius 3 is 1.26 bits per heavy atom. The summed E-state index contributed by atoms with van der Waals surface area (Å²) in [7, 11) is 0. The van der Waals surface area contributed by atoms with Gasteiger partial charge >= 0.3 is 23.9 Å². The van der Waals surface area contributed by atoms with Crippen molar-refractivity contribution >= 4 is 70.9 Å². The van der Waals surface area contributed by atoms with Crippen LogP contribution in [-0.2, 0) is 23.9 Å². The van der Waals surface area contributed by atoms with Crippen LogP contribution in [0.1, 0.15) is 0 Å². The van der Waals surface area contributed by atoms with E-state index in [4.69, 9.17) is 14.9 Å². The first-order valence-corrected chi connectivity index (χ1v) is 10.1. The summed E-state index contributed by atoms with van der Waals surface area (Å²) in [6.45, 7) is 0. The molecule has 11 heteroatoms. The average molecular weight is 394 g/mol. The van der Waals surface area contributed by atoms with Crippen LogP contribution >= 0.6 is 47.0 Å². The van der Waals surface area contributed by atoms with Crippen molar-refractivity contribution in [1.29, 1.82) is 0 Å². The molecule has 0 bridgehead atoms. The molecular weight excluding hydrogens is 384 g/mol. The number of rotatable bonds is 4. The van der Waals surface area contributed by atoms with Crippen molar-refractivity contribution in [2.75, 3.05) is 23.0 Å². The molecule has 124 valence electrons. The highest BCUT2D eigenvalue weighted by atomic mass is 32.2. The lowest BCUT2D eigenvalue weighted by atomic mass is 10.4. The van der Waals surface area contributed by atoms with Gasteiger partial charge in [0.05, 0.1) is 0 Å². The fraction of sp³-hybridized carbons (Fsp3) is 0.333. The molecular formula is C12H10O7S4. The molecule has 0 aromatic rings. The van der Waals surface area contributed by atoms with Crippen molar-refractivity contribution in [2.45, 2.75) is 0 Å². The maximum Gasteiger partial charge on any atom is 0.353 e. The summed E-state index contributed by atoms with van der Waals surface area (Å²) in [6, 6.07) is 0.